The van der Waals surface area contributed by atoms with E-state index in [-0.39, 0.29) is 5.56 Å². The molecule has 0 aliphatic carbocycles. The van der Waals surface area contributed by atoms with Gasteiger partial charge in [0.05, 0.1) is 5.69 Å². The third kappa shape index (κ3) is 2.49. The average Bonchev–Trinajstić information content (AvgIpc) is 2.48. The van der Waals surface area contributed by atoms with Gasteiger partial charge in [0.1, 0.15) is 5.82 Å². The molecule has 0 bridgehead atoms. The molecule has 1 aliphatic heterocycles. The number of nitrogens with zero attached hydrogens (tertiary/aromatic N) is 3. The maximum absolute atomic E-state index is 12.2. The van der Waals surface area contributed by atoms with Crippen molar-refractivity contribution in [1.82, 2.24) is 19.9 Å². The number of aromatic nitrogens is 3. The second kappa shape index (κ2) is 5.54. The Morgan fingerprint density at radius 1 is 1.45 bits per heavy atom. The fraction of sp³-hybridized carbons (Fsp3) is 0.400. The Morgan fingerprint density at radius 2 is 2.35 bits per heavy atom. The summed E-state index contributed by atoms with van der Waals surface area (Å²) in [5, 5.41) is 0. The van der Waals surface area contributed by atoms with Gasteiger partial charge in [-0.25, -0.2) is 4.98 Å². The molecule has 0 spiro atoms. The molecule has 2 aromatic rings. The highest BCUT2D eigenvalue weighted by Crippen LogP contribution is 2.18. The minimum Gasteiger partial charge on any atom is -0.306 e. The van der Waals surface area contributed by atoms with E-state index in [1.54, 1.807) is 12.4 Å². The Labute approximate surface area is 117 Å². The van der Waals surface area contributed by atoms with Crippen molar-refractivity contribution in [2.45, 2.75) is 26.3 Å². The first kappa shape index (κ1) is 13.0. The number of rotatable bonds is 3. The molecular weight excluding hydrogens is 252 g/mol. The van der Waals surface area contributed by atoms with Crippen molar-refractivity contribution in [3.8, 4) is 11.4 Å². The maximum atomic E-state index is 12.2. The highest BCUT2D eigenvalue weighted by molar-refractivity contribution is 5.53. The number of hydrogen-bond donors (Lipinski definition) is 1. The van der Waals surface area contributed by atoms with E-state index < -0.39 is 0 Å². The summed E-state index contributed by atoms with van der Waals surface area (Å²) in [6, 6.07) is 3.75. The van der Waals surface area contributed by atoms with Crippen molar-refractivity contribution in [2.75, 3.05) is 13.1 Å². The van der Waals surface area contributed by atoms with Gasteiger partial charge in [0.15, 0.2) is 0 Å². The molecule has 0 saturated heterocycles. The summed E-state index contributed by atoms with van der Waals surface area (Å²) in [5.74, 6) is 0.611. The summed E-state index contributed by atoms with van der Waals surface area (Å²) in [5.41, 5.74) is 2.59. The summed E-state index contributed by atoms with van der Waals surface area (Å²) in [6.07, 6.45) is 5.33. The van der Waals surface area contributed by atoms with E-state index in [1.165, 1.54) is 0 Å². The summed E-state index contributed by atoms with van der Waals surface area (Å²) < 4.78 is 0. The topological polar surface area (TPSA) is 61.9 Å². The van der Waals surface area contributed by atoms with E-state index in [0.717, 1.165) is 49.3 Å². The van der Waals surface area contributed by atoms with Crippen molar-refractivity contribution in [1.29, 1.82) is 0 Å². The van der Waals surface area contributed by atoms with Gasteiger partial charge in [0, 0.05) is 36.6 Å². The van der Waals surface area contributed by atoms with Crippen LogP contribution < -0.4 is 5.56 Å². The average molecular weight is 270 g/mol. The first-order valence-electron chi connectivity index (χ1n) is 7.02. The molecule has 0 amide bonds. The lowest BCUT2D eigenvalue weighted by molar-refractivity contribution is 0.250. The summed E-state index contributed by atoms with van der Waals surface area (Å²) >= 11 is 0. The molecule has 0 radical (unpaired) electrons. The second-order valence-corrected chi connectivity index (χ2v) is 5.11. The van der Waals surface area contributed by atoms with E-state index in [1.807, 2.05) is 12.1 Å². The van der Waals surface area contributed by atoms with Gasteiger partial charge in [-0.15, -0.1) is 0 Å². The first-order chi connectivity index (χ1) is 9.78. The van der Waals surface area contributed by atoms with Gasteiger partial charge in [-0.1, -0.05) is 6.92 Å². The molecule has 1 N–H and O–H groups in total. The molecule has 1 aliphatic rings. The van der Waals surface area contributed by atoms with Crippen LogP contribution in [0.3, 0.4) is 0 Å². The zero-order valence-corrected chi connectivity index (χ0v) is 11.6. The van der Waals surface area contributed by atoms with Crippen LogP contribution in [0.1, 0.15) is 24.6 Å². The molecule has 2 aromatic heterocycles. The van der Waals surface area contributed by atoms with Crippen molar-refractivity contribution in [2.24, 2.45) is 0 Å². The van der Waals surface area contributed by atoms with Crippen LogP contribution in [-0.4, -0.2) is 32.9 Å². The number of aromatic amines is 1. The monoisotopic (exact) mass is 270 g/mol. The van der Waals surface area contributed by atoms with Crippen molar-refractivity contribution >= 4 is 0 Å². The quantitative estimate of drug-likeness (QED) is 0.920. The third-order valence-electron chi connectivity index (χ3n) is 3.63. The number of hydrogen-bond acceptors (Lipinski definition) is 4. The lowest BCUT2D eigenvalue weighted by Gasteiger charge is -2.27. The van der Waals surface area contributed by atoms with Gasteiger partial charge in [-0.3, -0.25) is 14.7 Å². The Bertz CT molecular complexity index is 651. The van der Waals surface area contributed by atoms with Gasteiger partial charge < -0.3 is 4.98 Å². The van der Waals surface area contributed by atoms with Crippen LogP contribution >= 0.6 is 0 Å². The number of fused-ring (bicyclic) bond motifs is 1. The largest absolute Gasteiger partial charge is 0.306 e. The lowest BCUT2D eigenvalue weighted by Crippen LogP contribution is -2.35. The molecule has 0 unspecified atom stereocenters. The number of pyridine rings is 1. The van der Waals surface area contributed by atoms with Gasteiger partial charge in [-0.2, -0.15) is 0 Å². The Kier molecular flexibility index (Phi) is 3.60. The van der Waals surface area contributed by atoms with Crippen LogP contribution in [0.25, 0.3) is 11.4 Å². The van der Waals surface area contributed by atoms with E-state index in [2.05, 4.69) is 26.8 Å². The zero-order valence-electron chi connectivity index (χ0n) is 11.6. The van der Waals surface area contributed by atoms with Crippen LogP contribution in [0, 0.1) is 0 Å². The molecule has 0 fully saturated rings. The van der Waals surface area contributed by atoms with Crippen LogP contribution in [0.15, 0.2) is 29.3 Å². The maximum Gasteiger partial charge on any atom is 0.254 e. The molecule has 20 heavy (non-hydrogen) atoms. The Morgan fingerprint density at radius 3 is 3.10 bits per heavy atom. The molecule has 5 nitrogen and oxygen atoms in total. The zero-order chi connectivity index (χ0) is 13.9. The number of H-pyrrole nitrogens is 1. The third-order valence-corrected chi connectivity index (χ3v) is 3.63. The van der Waals surface area contributed by atoms with Crippen molar-refractivity contribution < 1.29 is 0 Å². The minimum atomic E-state index is -0.00926. The van der Waals surface area contributed by atoms with Gasteiger partial charge in [0.25, 0.3) is 5.56 Å². The van der Waals surface area contributed by atoms with Gasteiger partial charge in [-0.05, 0) is 31.5 Å². The predicted molar refractivity (Wildman–Crippen MR) is 77.4 cm³/mol. The molecule has 0 saturated carbocycles. The second-order valence-electron chi connectivity index (χ2n) is 5.11. The van der Waals surface area contributed by atoms with E-state index in [4.69, 9.17) is 0 Å². The lowest BCUT2D eigenvalue weighted by atomic mass is 10.1. The fourth-order valence-electron chi connectivity index (χ4n) is 2.64. The highest BCUT2D eigenvalue weighted by atomic mass is 16.1. The van der Waals surface area contributed by atoms with Crippen LogP contribution in [-0.2, 0) is 13.0 Å². The molecule has 0 aromatic carbocycles. The van der Waals surface area contributed by atoms with Crippen molar-refractivity contribution in [3.63, 3.8) is 0 Å². The SMILES string of the molecule is CCCN1CCc2c(nc(-c3cccnc3)[nH]c2=O)C1. The van der Waals surface area contributed by atoms with Gasteiger partial charge >= 0.3 is 0 Å². The molecule has 104 valence electrons. The van der Waals surface area contributed by atoms with E-state index >= 15 is 0 Å². The molecule has 5 heteroatoms. The predicted octanol–water partition coefficient (Wildman–Crippen LogP) is 1.60. The normalized spacial score (nSPS) is 15.1. The Hall–Kier alpha value is -2.01. The highest BCUT2D eigenvalue weighted by Gasteiger charge is 2.20. The van der Waals surface area contributed by atoms with Crippen molar-refractivity contribution in [3.05, 3.63) is 46.1 Å². The minimum absolute atomic E-state index is 0.00926. The van der Waals surface area contributed by atoms with Crippen LogP contribution in [0.5, 0.6) is 0 Å². The smallest absolute Gasteiger partial charge is 0.254 e. The summed E-state index contributed by atoms with van der Waals surface area (Å²) in [6.45, 7) is 4.93. The van der Waals surface area contributed by atoms with E-state index in [9.17, 15) is 4.79 Å². The molecular formula is C15H18N4O. The van der Waals surface area contributed by atoms with Crippen LogP contribution in [0.4, 0.5) is 0 Å². The Balaban J connectivity index is 1.99. The first-order valence-corrected chi connectivity index (χ1v) is 7.02. The van der Waals surface area contributed by atoms with E-state index in [0.29, 0.717) is 5.82 Å². The number of nitrogens with one attached hydrogen (secondary N) is 1. The summed E-state index contributed by atoms with van der Waals surface area (Å²) in [7, 11) is 0. The fourth-order valence-corrected chi connectivity index (χ4v) is 2.64. The molecule has 3 heterocycles. The molecule has 3 rings (SSSR count). The van der Waals surface area contributed by atoms with Crippen LogP contribution in [0.2, 0.25) is 0 Å². The van der Waals surface area contributed by atoms with Gasteiger partial charge in [0.2, 0.25) is 0 Å². The molecule has 0 atom stereocenters. The summed E-state index contributed by atoms with van der Waals surface area (Å²) in [4.78, 5) is 26.1. The standard InChI is InChI=1S/C15H18N4O/c1-2-7-19-8-5-12-13(10-19)17-14(18-15(12)20)11-4-3-6-16-9-11/h3-4,6,9H,2,5,7-8,10H2,1H3,(H,17,18,20).